The molecule has 1 aromatic rings. The van der Waals surface area contributed by atoms with Gasteiger partial charge in [-0.15, -0.1) is 0 Å². The molecule has 3 rings (SSSR count). The summed E-state index contributed by atoms with van der Waals surface area (Å²) in [7, 11) is 0. The highest BCUT2D eigenvalue weighted by Crippen LogP contribution is 2.31. The molecule has 2 heteroatoms. The Bertz CT molecular complexity index is 379. The van der Waals surface area contributed by atoms with Crippen molar-refractivity contribution in [3.63, 3.8) is 0 Å². The van der Waals surface area contributed by atoms with E-state index < -0.39 is 0 Å². The second-order valence-electron chi connectivity index (χ2n) is 4.72. The van der Waals surface area contributed by atoms with E-state index in [1.807, 2.05) is 18.2 Å². The van der Waals surface area contributed by atoms with Gasteiger partial charge < -0.3 is 4.74 Å². The molecule has 2 nitrogen and oxygen atoms in total. The van der Waals surface area contributed by atoms with Gasteiger partial charge in [0.15, 0.2) is 0 Å². The van der Waals surface area contributed by atoms with Crippen LogP contribution in [0.5, 0.6) is 0 Å². The van der Waals surface area contributed by atoms with Crippen LogP contribution in [0.25, 0.3) is 0 Å². The lowest BCUT2D eigenvalue weighted by atomic mass is 10.00. The third kappa shape index (κ3) is 1.84. The van der Waals surface area contributed by atoms with Crippen molar-refractivity contribution in [1.82, 2.24) is 0 Å². The Morgan fingerprint density at radius 1 is 1.06 bits per heavy atom. The molecular weight excluding hydrogens is 198 g/mol. The molecule has 0 amide bonds. The largest absolute Gasteiger partial charge is 0.475 e. The highest BCUT2D eigenvalue weighted by molar-refractivity contribution is 5.95. The zero-order valence-electron chi connectivity index (χ0n) is 9.43. The van der Waals surface area contributed by atoms with E-state index in [0.29, 0.717) is 6.04 Å². The number of benzene rings is 1. The average Bonchev–Trinajstić information content (AvgIpc) is 3.01. The molecule has 0 bridgehead atoms. The van der Waals surface area contributed by atoms with Crippen LogP contribution in [-0.2, 0) is 4.74 Å². The molecule has 0 unspecified atom stereocenters. The van der Waals surface area contributed by atoms with Gasteiger partial charge >= 0.3 is 0 Å². The first-order valence-electron chi connectivity index (χ1n) is 6.19. The fraction of sp³-hybridized carbons (Fsp3) is 0.500. The van der Waals surface area contributed by atoms with Crippen LogP contribution in [-0.4, -0.2) is 18.5 Å². The minimum absolute atomic E-state index is 0.415. The van der Waals surface area contributed by atoms with Crippen molar-refractivity contribution in [1.29, 1.82) is 0 Å². The van der Waals surface area contributed by atoms with Crippen LogP contribution < -0.4 is 0 Å². The Balaban J connectivity index is 1.76. The Morgan fingerprint density at radius 3 is 2.56 bits per heavy atom. The van der Waals surface area contributed by atoms with Gasteiger partial charge in [0.1, 0.15) is 6.61 Å². The number of aliphatic imine (C=N–C) groups is 1. The molecule has 0 aromatic heterocycles. The van der Waals surface area contributed by atoms with E-state index in [4.69, 9.17) is 9.73 Å². The normalized spacial score (nSPS) is 25.5. The molecule has 2 aliphatic rings. The molecule has 1 atom stereocenters. The van der Waals surface area contributed by atoms with Crippen molar-refractivity contribution in [3.05, 3.63) is 35.9 Å². The van der Waals surface area contributed by atoms with E-state index in [9.17, 15) is 0 Å². The summed E-state index contributed by atoms with van der Waals surface area (Å²) in [4.78, 5) is 4.73. The van der Waals surface area contributed by atoms with Gasteiger partial charge in [-0.1, -0.05) is 31.0 Å². The predicted molar refractivity (Wildman–Crippen MR) is 64.7 cm³/mol. The molecule has 1 aliphatic carbocycles. The average molecular weight is 215 g/mol. The van der Waals surface area contributed by atoms with Crippen LogP contribution in [0, 0.1) is 5.92 Å². The SMILES string of the molecule is c1ccc(C2=N[C@@H](C3CCCC3)CO2)cc1. The third-order valence-electron chi connectivity index (χ3n) is 3.64. The summed E-state index contributed by atoms with van der Waals surface area (Å²) in [5.74, 6) is 1.61. The molecule has 0 radical (unpaired) electrons. The highest BCUT2D eigenvalue weighted by Gasteiger charge is 2.29. The van der Waals surface area contributed by atoms with Gasteiger partial charge in [0.25, 0.3) is 0 Å². The van der Waals surface area contributed by atoms with Crippen LogP contribution in [0.15, 0.2) is 35.3 Å². The monoisotopic (exact) mass is 215 g/mol. The topological polar surface area (TPSA) is 21.6 Å². The summed E-state index contributed by atoms with van der Waals surface area (Å²) < 4.78 is 5.71. The van der Waals surface area contributed by atoms with E-state index in [0.717, 1.165) is 24.0 Å². The van der Waals surface area contributed by atoms with E-state index >= 15 is 0 Å². The van der Waals surface area contributed by atoms with Gasteiger partial charge in [-0.2, -0.15) is 0 Å². The molecule has 0 spiro atoms. The third-order valence-corrected chi connectivity index (χ3v) is 3.64. The van der Waals surface area contributed by atoms with Crippen molar-refractivity contribution < 1.29 is 4.74 Å². The Labute approximate surface area is 96.3 Å². The fourth-order valence-corrected chi connectivity index (χ4v) is 2.71. The number of hydrogen-bond donors (Lipinski definition) is 0. The molecular formula is C14H17NO. The van der Waals surface area contributed by atoms with E-state index in [-0.39, 0.29) is 0 Å². The molecule has 1 aromatic carbocycles. The van der Waals surface area contributed by atoms with Gasteiger partial charge in [-0.25, -0.2) is 4.99 Å². The maximum Gasteiger partial charge on any atom is 0.216 e. The molecule has 16 heavy (non-hydrogen) atoms. The summed E-state index contributed by atoms with van der Waals surface area (Å²) in [6, 6.07) is 10.6. The lowest BCUT2D eigenvalue weighted by Gasteiger charge is -2.11. The van der Waals surface area contributed by atoms with Crippen LogP contribution in [0.3, 0.4) is 0 Å². The summed E-state index contributed by atoms with van der Waals surface area (Å²) in [5.41, 5.74) is 1.11. The lowest BCUT2D eigenvalue weighted by Crippen LogP contribution is -2.16. The first-order chi connectivity index (χ1) is 7.93. The van der Waals surface area contributed by atoms with Crippen LogP contribution in [0.1, 0.15) is 31.2 Å². The van der Waals surface area contributed by atoms with Gasteiger partial charge in [0, 0.05) is 5.56 Å². The lowest BCUT2D eigenvalue weighted by molar-refractivity contribution is 0.279. The minimum Gasteiger partial charge on any atom is -0.475 e. The van der Waals surface area contributed by atoms with Crippen molar-refractivity contribution in [2.45, 2.75) is 31.7 Å². The van der Waals surface area contributed by atoms with Gasteiger partial charge in [0.05, 0.1) is 6.04 Å². The van der Waals surface area contributed by atoms with Crippen molar-refractivity contribution in [2.24, 2.45) is 10.9 Å². The van der Waals surface area contributed by atoms with Gasteiger partial charge in [0.2, 0.25) is 5.90 Å². The number of rotatable bonds is 2. The molecule has 0 N–H and O–H groups in total. The van der Waals surface area contributed by atoms with Gasteiger partial charge in [-0.05, 0) is 30.9 Å². The summed E-state index contributed by atoms with van der Waals surface area (Å²) in [6.45, 7) is 0.787. The van der Waals surface area contributed by atoms with E-state index in [1.54, 1.807) is 0 Å². The zero-order valence-corrected chi connectivity index (χ0v) is 9.43. The van der Waals surface area contributed by atoms with Crippen molar-refractivity contribution in [2.75, 3.05) is 6.61 Å². The first-order valence-corrected chi connectivity index (χ1v) is 6.19. The number of nitrogens with zero attached hydrogens (tertiary/aromatic N) is 1. The quantitative estimate of drug-likeness (QED) is 0.743. The minimum atomic E-state index is 0.415. The van der Waals surface area contributed by atoms with Crippen LogP contribution in [0.4, 0.5) is 0 Å². The van der Waals surface area contributed by atoms with Crippen LogP contribution in [0.2, 0.25) is 0 Å². The predicted octanol–water partition coefficient (Wildman–Crippen LogP) is 3.02. The Morgan fingerprint density at radius 2 is 1.81 bits per heavy atom. The van der Waals surface area contributed by atoms with Crippen LogP contribution >= 0.6 is 0 Å². The Hall–Kier alpha value is -1.31. The molecule has 0 saturated heterocycles. The van der Waals surface area contributed by atoms with Gasteiger partial charge in [-0.3, -0.25) is 0 Å². The fourth-order valence-electron chi connectivity index (χ4n) is 2.71. The molecule has 1 fully saturated rings. The second-order valence-corrected chi connectivity index (χ2v) is 4.72. The zero-order chi connectivity index (χ0) is 10.8. The second kappa shape index (κ2) is 4.28. The smallest absolute Gasteiger partial charge is 0.216 e. The maximum absolute atomic E-state index is 5.71. The molecule has 1 aliphatic heterocycles. The molecule has 84 valence electrons. The summed E-state index contributed by atoms with van der Waals surface area (Å²) in [5, 5.41) is 0. The highest BCUT2D eigenvalue weighted by atomic mass is 16.5. The van der Waals surface area contributed by atoms with E-state index in [1.165, 1.54) is 25.7 Å². The Kier molecular flexibility index (Phi) is 2.65. The van der Waals surface area contributed by atoms with Crippen molar-refractivity contribution >= 4 is 5.90 Å². The number of hydrogen-bond acceptors (Lipinski definition) is 2. The molecule has 1 saturated carbocycles. The standard InChI is InChI=1S/C14H17NO/c1-2-8-12(9-3-1)14-15-13(10-16-14)11-6-4-5-7-11/h1-3,8-9,11,13H,4-7,10H2/t13-/m1/s1. The van der Waals surface area contributed by atoms with E-state index in [2.05, 4.69) is 12.1 Å². The first kappa shape index (κ1) is 9.88. The maximum atomic E-state index is 5.71. The summed E-state index contributed by atoms with van der Waals surface area (Å²) >= 11 is 0. The van der Waals surface area contributed by atoms with Crippen molar-refractivity contribution in [3.8, 4) is 0 Å². The number of ether oxygens (including phenoxy) is 1. The summed E-state index contributed by atoms with van der Waals surface area (Å²) in [6.07, 6.45) is 5.41. The molecule has 1 heterocycles.